The molecule has 0 saturated heterocycles. The van der Waals surface area contributed by atoms with Gasteiger partial charge in [0.1, 0.15) is 17.0 Å². The van der Waals surface area contributed by atoms with Gasteiger partial charge in [-0.1, -0.05) is 17.7 Å². The van der Waals surface area contributed by atoms with Crippen molar-refractivity contribution in [3.8, 4) is 0 Å². The Bertz CT molecular complexity index is 675. The van der Waals surface area contributed by atoms with Crippen molar-refractivity contribution in [2.45, 2.75) is 11.4 Å². The number of halogens is 2. The summed E-state index contributed by atoms with van der Waals surface area (Å²) < 4.78 is 39.1. The van der Waals surface area contributed by atoms with Crippen molar-refractivity contribution < 1.29 is 12.8 Å². The summed E-state index contributed by atoms with van der Waals surface area (Å²) in [5.41, 5.74) is 0. The van der Waals surface area contributed by atoms with Crippen LogP contribution in [0.5, 0.6) is 0 Å². The summed E-state index contributed by atoms with van der Waals surface area (Å²) in [4.78, 5) is 3.34. The summed E-state index contributed by atoms with van der Waals surface area (Å²) in [5, 5.41) is 5.90. The Morgan fingerprint density at radius 3 is 2.84 bits per heavy atom. The lowest BCUT2D eigenvalue weighted by Gasteiger charge is -2.16. The van der Waals surface area contributed by atoms with Crippen molar-refractivity contribution >= 4 is 21.6 Å². The molecule has 0 atom stereocenters. The highest BCUT2D eigenvalue weighted by molar-refractivity contribution is 7.89. The molecule has 1 aromatic carbocycles. The molecule has 0 saturated carbocycles. The van der Waals surface area contributed by atoms with E-state index < -0.39 is 20.7 Å². The minimum atomic E-state index is -3.98. The first-order chi connectivity index (χ1) is 8.93. The van der Waals surface area contributed by atoms with Crippen molar-refractivity contribution in [3.63, 3.8) is 0 Å². The van der Waals surface area contributed by atoms with E-state index in [-0.39, 0.29) is 11.6 Å². The van der Waals surface area contributed by atoms with Gasteiger partial charge in [0.2, 0.25) is 10.0 Å². The zero-order valence-electron chi connectivity index (χ0n) is 9.84. The predicted molar refractivity (Wildman–Crippen MR) is 66.4 cm³/mol. The molecule has 0 aliphatic heterocycles. The minimum absolute atomic E-state index is 0.0473. The lowest BCUT2D eigenvalue weighted by Crippen LogP contribution is -2.27. The maximum atomic E-state index is 13.8. The third-order valence-electron chi connectivity index (χ3n) is 2.44. The van der Waals surface area contributed by atoms with Gasteiger partial charge in [0, 0.05) is 7.05 Å². The molecule has 1 heterocycles. The number of benzene rings is 1. The molecule has 0 unspecified atom stereocenters. The smallest absolute Gasteiger partial charge is 0.246 e. The number of aromatic nitrogens is 3. The predicted octanol–water partition coefficient (Wildman–Crippen LogP) is 1.42. The molecular weight excluding hydrogens is 295 g/mol. The number of nitrogens with one attached hydrogen (secondary N) is 1. The average Bonchev–Trinajstić information content (AvgIpc) is 2.85. The Kier molecular flexibility index (Phi) is 3.83. The van der Waals surface area contributed by atoms with E-state index in [1.54, 1.807) is 0 Å². The Morgan fingerprint density at radius 1 is 1.47 bits per heavy atom. The van der Waals surface area contributed by atoms with Crippen molar-refractivity contribution in [1.29, 1.82) is 0 Å². The van der Waals surface area contributed by atoms with Crippen molar-refractivity contribution in [3.05, 3.63) is 41.2 Å². The molecule has 0 amide bonds. The van der Waals surface area contributed by atoms with E-state index in [1.807, 2.05) is 0 Å². The van der Waals surface area contributed by atoms with Crippen LogP contribution in [0.4, 0.5) is 4.39 Å². The average molecular weight is 305 g/mol. The Hall–Kier alpha value is -1.51. The molecule has 102 valence electrons. The molecule has 2 rings (SSSR count). The molecular formula is C10H10ClFN4O2S. The fourth-order valence-electron chi connectivity index (χ4n) is 1.45. The molecule has 0 aliphatic rings. The van der Waals surface area contributed by atoms with E-state index in [1.165, 1.54) is 25.5 Å². The van der Waals surface area contributed by atoms with Gasteiger partial charge < -0.3 is 0 Å². The second kappa shape index (κ2) is 5.24. The monoisotopic (exact) mass is 304 g/mol. The summed E-state index contributed by atoms with van der Waals surface area (Å²) in [7, 11) is -2.66. The number of rotatable bonds is 4. The van der Waals surface area contributed by atoms with Crippen LogP contribution in [0.2, 0.25) is 5.02 Å². The van der Waals surface area contributed by atoms with Gasteiger partial charge in [0.15, 0.2) is 5.82 Å². The molecule has 0 fully saturated rings. The molecule has 9 heteroatoms. The maximum Gasteiger partial charge on any atom is 0.246 e. The molecule has 2 aromatic rings. The molecule has 1 aromatic heterocycles. The van der Waals surface area contributed by atoms with Gasteiger partial charge in [-0.05, 0) is 12.1 Å². The van der Waals surface area contributed by atoms with Gasteiger partial charge in [0.25, 0.3) is 0 Å². The van der Waals surface area contributed by atoms with Gasteiger partial charge in [-0.15, -0.1) is 0 Å². The zero-order valence-corrected chi connectivity index (χ0v) is 11.4. The standard InChI is InChI=1S/C10H10ClFN4O2S/c1-16(5-9-13-6-14-15-9)19(17,18)8-4-2-3-7(11)10(8)12/h2-4,6H,5H2,1H3,(H,13,14,15). The molecule has 0 spiro atoms. The van der Waals surface area contributed by atoms with E-state index in [4.69, 9.17) is 11.6 Å². The SMILES string of the molecule is CN(Cc1ncn[nH]1)S(=O)(=O)c1cccc(Cl)c1F. The lowest BCUT2D eigenvalue weighted by molar-refractivity contribution is 0.451. The van der Waals surface area contributed by atoms with E-state index in [2.05, 4.69) is 15.2 Å². The van der Waals surface area contributed by atoms with Crippen LogP contribution in [0, 0.1) is 5.82 Å². The van der Waals surface area contributed by atoms with Crippen molar-refractivity contribution in [1.82, 2.24) is 19.5 Å². The van der Waals surface area contributed by atoms with Gasteiger partial charge in [-0.3, -0.25) is 5.10 Å². The van der Waals surface area contributed by atoms with Crippen LogP contribution < -0.4 is 0 Å². The Morgan fingerprint density at radius 2 is 2.21 bits per heavy atom. The van der Waals surface area contributed by atoms with Gasteiger partial charge in [-0.25, -0.2) is 17.8 Å². The lowest BCUT2D eigenvalue weighted by atomic mass is 10.3. The summed E-state index contributed by atoms with van der Waals surface area (Å²) in [5.74, 6) is -0.609. The third kappa shape index (κ3) is 2.75. The first-order valence-corrected chi connectivity index (χ1v) is 6.99. The first-order valence-electron chi connectivity index (χ1n) is 5.17. The number of hydrogen-bond donors (Lipinski definition) is 1. The molecule has 19 heavy (non-hydrogen) atoms. The third-order valence-corrected chi connectivity index (χ3v) is 4.55. The zero-order chi connectivity index (χ0) is 14.0. The fourth-order valence-corrected chi connectivity index (χ4v) is 2.90. The highest BCUT2D eigenvalue weighted by Gasteiger charge is 2.26. The minimum Gasteiger partial charge on any atom is -0.262 e. The number of sulfonamides is 1. The number of hydrogen-bond acceptors (Lipinski definition) is 4. The van der Waals surface area contributed by atoms with Gasteiger partial charge in [0.05, 0.1) is 11.6 Å². The van der Waals surface area contributed by atoms with E-state index in [0.717, 1.165) is 10.4 Å². The molecule has 6 nitrogen and oxygen atoms in total. The topological polar surface area (TPSA) is 79.0 Å². The van der Waals surface area contributed by atoms with Crippen LogP contribution in [0.25, 0.3) is 0 Å². The number of H-pyrrole nitrogens is 1. The Labute approximate surface area is 114 Å². The second-order valence-electron chi connectivity index (χ2n) is 3.75. The normalized spacial score (nSPS) is 12.0. The molecule has 1 N–H and O–H groups in total. The van der Waals surface area contributed by atoms with Crippen molar-refractivity contribution in [2.24, 2.45) is 0 Å². The quantitative estimate of drug-likeness (QED) is 0.926. The van der Waals surface area contributed by atoms with Gasteiger partial charge in [-0.2, -0.15) is 9.40 Å². The van der Waals surface area contributed by atoms with Crippen molar-refractivity contribution in [2.75, 3.05) is 7.05 Å². The van der Waals surface area contributed by atoms with Crippen LogP contribution in [0.1, 0.15) is 5.82 Å². The molecule has 0 aliphatic carbocycles. The first kappa shape index (κ1) is 13.9. The Balaban J connectivity index is 2.34. The maximum absolute atomic E-state index is 13.8. The van der Waals surface area contributed by atoms with E-state index in [9.17, 15) is 12.8 Å². The molecule has 0 radical (unpaired) electrons. The van der Waals surface area contributed by atoms with Crippen LogP contribution in [0.15, 0.2) is 29.4 Å². The second-order valence-corrected chi connectivity index (χ2v) is 6.17. The van der Waals surface area contributed by atoms with Gasteiger partial charge >= 0.3 is 0 Å². The summed E-state index contributed by atoms with van der Waals surface area (Å²) >= 11 is 5.58. The van der Waals surface area contributed by atoms with Crippen LogP contribution in [-0.2, 0) is 16.6 Å². The van der Waals surface area contributed by atoms with E-state index >= 15 is 0 Å². The van der Waals surface area contributed by atoms with Crippen LogP contribution >= 0.6 is 11.6 Å². The summed E-state index contributed by atoms with van der Waals surface area (Å²) in [6.07, 6.45) is 1.26. The van der Waals surface area contributed by atoms with Crippen LogP contribution in [-0.4, -0.2) is 35.0 Å². The number of aromatic amines is 1. The van der Waals surface area contributed by atoms with Crippen LogP contribution in [0.3, 0.4) is 0 Å². The fraction of sp³-hybridized carbons (Fsp3) is 0.200. The molecule has 0 bridgehead atoms. The highest BCUT2D eigenvalue weighted by atomic mass is 35.5. The highest BCUT2D eigenvalue weighted by Crippen LogP contribution is 2.24. The number of nitrogens with zero attached hydrogens (tertiary/aromatic N) is 3. The summed E-state index contributed by atoms with van der Waals surface area (Å²) in [6.45, 7) is -0.0473. The largest absolute Gasteiger partial charge is 0.262 e. The van der Waals surface area contributed by atoms with E-state index in [0.29, 0.717) is 5.82 Å². The summed E-state index contributed by atoms with van der Waals surface area (Å²) in [6, 6.07) is 3.82.